The van der Waals surface area contributed by atoms with Crippen molar-refractivity contribution in [3.05, 3.63) is 35.4 Å². The van der Waals surface area contributed by atoms with E-state index in [9.17, 15) is 8.78 Å². The maximum atomic E-state index is 12.9. The van der Waals surface area contributed by atoms with E-state index in [0.717, 1.165) is 6.07 Å². The smallest absolute Gasteiger partial charge is 0.156 e. The van der Waals surface area contributed by atoms with Crippen LogP contribution < -0.4 is 0 Å². The Hall–Kier alpha value is -1.49. The van der Waals surface area contributed by atoms with Crippen molar-refractivity contribution in [2.45, 2.75) is 12.5 Å². The highest BCUT2D eigenvalue weighted by Crippen LogP contribution is 2.18. The molecule has 1 N–H and O–H groups in total. The molecule has 0 bridgehead atoms. The highest BCUT2D eigenvalue weighted by molar-refractivity contribution is 6.01. The lowest BCUT2D eigenvalue weighted by Gasteiger charge is -2.02. The van der Waals surface area contributed by atoms with Crippen LogP contribution in [0.1, 0.15) is 12.0 Å². The standard InChI is InChI=1S/C10H9F2NO2/c11-7-1-6(2-8(12)3-7)10-4-9(5-14)15-13-10/h1-3,9,14H,4-5H2/t9-/m1/s1. The van der Waals surface area contributed by atoms with Crippen LogP contribution in [0.4, 0.5) is 8.78 Å². The minimum Gasteiger partial charge on any atom is -0.392 e. The first kappa shape index (κ1) is 10.0. The molecule has 1 atom stereocenters. The van der Waals surface area contributed by atoms with E-state index in [-0.39, 0.29) is 6.61 Å². The van der Waals surface area contributed by atoms with E-state index < -0.39 is 17.7 Å². The van der Waals surface area contributed by atoms with Crippen LogP contribution >= 0.6 is 0 Å². The molecule has 0 fully saturated rings. The number of benzene rings is 1. The Morgan fingerprint density at radius 2 is 2.00 bits per heavy atom. The summed E-state index contributed by atoms with van der Waals surface area (Å²) in [6, 6.07) is 3.17. The number of hydrogen-bond acceptors (Lipinski definition) is 3. The number of hydrogen-bond donors (Lipinski definition) is 1. The van der Waals surface area contributed by atoms with E-state index in [0.29, 0.717) is 17.7 Å². The molecule has 0 radical (unpaired) electrons. The summed E-state index contributed by atoms with van der Waals surface area (Å²) in [6.07, 6.45) is -0.0503. The minimum atomic E-state index is -0.653. The molecule has 3 nitrogen and oxygen atoms in total. The monoisotopic (exact) mass is 213 g/mol. The molecular formula is C10H9F2NO2. The molecule has 0 unspecified atom stereocenters. The summed E-state index contributed by atoms with van der Waals surface area (Å²) in [5, 5.41) is 12.5. The molecule has 0 aliphatic carbocycles. The lowest BCUT2D eigenvalue weighted by molar-refractivity contribution is 0.0390. The SMILES string of the molecule is OC[C@H]1CC(c2cc(F)cc(F)c2)=NO1. The van der Waals surface area contributed by atoms with Gasteiger partial charge in [-0.25, -0.2) is 8.78 Å². The molecular weight excluding hydrogens is 204 g/mol. The van der Waals surface area contributed by atoms with Gasteiger partial charge in [-0.3, -0.25) is 0 Å². The van der Waals surface area contributed by atoms with Gasteiger partial charge in [0.2, 0.25) is 0 Å². The first-order valence-corrected chi connectivity index (χ1v) is 4.49. The second-order valence-corrected chi connectivity index (χ2v) is 3.31. The van der Waals surface area contributed by atoms with Gasteiger partial charge >= 0.3 is 0 Å². The Bertz CT molecular complexity index is 386. The molecule has 0 amide bonds. The quantitative estimate of drug-likeness (QED) is 0.807. The van der Waals surface area contributed by atoms with Crippen LogP contribution in [0.5, 0.6) is 0 Å². The fraction of sp³-hybridized carbons (Fsp3) is 0.300. The predicted molar refractivity (Wildman–Crippen MR) is 49.5 cm³/mol. The number of aliphatic hydroxyl groups is 1. The van der Waals surface area contributed by atoms with Gasteiger partial charge in [0.15, 0.2) is 6.10 Å². The van der Waals surface area contributed by atoms with Gasteiger partial charge in [-0.05, 0) is 12.1 Å². The van der Waals surface area contributed by atoms with Crippen molar-refractivity contribution in [3.63, 3.8) is 0 Å². The van der Waals surface area contributed by atoms with E-state index in [1.165, 1.54) is 12.1 Å². The summed E-state index contributed by atoms with van der Waals surface area (Å²) in [6.45, 7) is -0.162. The third-order valence-corrected chi connectivity index (χ3v) is 2.13. The van der Waals surface area contributed by atoms with Crippen molar-refractivity contribution in [2.24, 2.45) is 5.16 Å². The van der Waals surface area contributed by atoms with Crippen LogP contribution in [0.2, 0.25) is 0 Å². The lowest BCUT2D eigenvalue weighted by Crippen LogP contribution is -2.12. The number of nitrogens with zero attached hydrogens (tertiary/aromatic N) is 1. The Morgan fingerprint density at radius 1 is 1.33 bits per heavy atom. The molecule has 0 saturated heterocycles. The molecule has 0 saturated carbocycles. The van der Waals surface area contributed by atoms with Gasteiger partial charge < -0.3 is 9.94 Å². The van der Waals surface area contributed by atoms with Crippen LogP contribution in [0.3, 0.4) is 0 Å². The number of halogens is 2. The summed E-state index contributed by atoms with van der Waals surface area (Å²) >= 11 is 0. The maximum Gasteiger partial charge on any atom is 0.156 e. The third kappa shape index (κ3) is 2.12. The lowest BCUT2D eigenvalue weighted by atomic mass is 10.1. The third-order valence-electron chi connectivity index (χ3n) is 2.13. The van der Waals surface area contributed by atoms with Gasteiger partial charge in [-0.15, -0.1) is 0 Å². The van der Waals surface area contributed by atoms with Gasteiger partial charge in [-0.2, -0.15) is 0 Å². The van der Waals surface area contributed by atoms with Gasteiger partial charge in [-0.1, -0.05) is 5.16 Å². The molecule has 2 rings (SSSR count). The Balaban J connectivity index is 2.24. The van der Waals surface area contributed by atoms with Crippen molar-refractivity contribution >= 4 is 5.71 Å². The molecule has 80 valence electrons. The summed E-state index contributed by atoms with van der Waals surface area (Å²) in [4.78, 5) is 4.84. The molecule has 1 aliphatic rings. The summed E-state index contributed by atoms with van der Waals surface area (Å²) in [5.74, 6) is -1.31. The molecule has 15 heavy (non-hydrogen) atoms. The topological polar surface area (TPSA) is 41.8 Å². The highest BCUT2D eigenvalue weighted by Gasteiger charge is 2.21. The Morgan fingerprint density at radius 3 is 2.53 bits per heavy atom. The number of rotatable bonds is 2. The zero-order valence-corrected chi connectivity index (χ0v) is 7.78. The minimum absolute atomic E-state index is 0.162. The van der Waals surface area contributed by atoms with Crippen LogP contribution in [0, 0.1) is 11.6 Å². The van der Waals surface area contributed by atoms with Gasteiger partial charge in [0.25, 0.3) is 0 Å². The maximum absolute atomic E-state index is 12.9. The Kier molecular flexibility index (Phi) is 2.64. The normalized spacial score (nSPS) is 19.9. The molecule has 1 aromatic rings. The van der Waals surface area contributed by atoms with E-state index in [4.69, 9.17) is 9.94 Å². The average molecular weight is 213 g/mol. The van der Waals surface area contributed by atoms with Gasteiger partial charge in [0, 0.05) is 18.1 Å². The van der Waals surface area contributed by atoms with Crippen molar-refractivity contribution < 1.29 is 18.7 Å². The molecule has 1 aromatic carbocycles. The van der Waals surface area contributed by atoms with Gasteiger partial charge in [0.1, 0.15) is 11.6 Å². The van der Waals surface area contributed by atoms with Gasteiger partial charge in [0.05, 0.1) is 12.3 Å². The van der Waals surface area contributed by atoms with E-state index in [1.54, 1.807) is 0 Å². The summed E-state index contributed by atoms with van der Waals surface area (Å²) in [7, 11) is 0. The van der Waals surface area contributed by atoms with Crippen LogP contribution in [-0.2, 0) is 4.84 Å². The first-order chi connectivity index (χ1) is 7.19. The largest absolute Gasteiger partial charge is 0.392 e. The zero-order chi connectivity index (χ0) is 10.8. The van der Waals surface area contributed by atoms with E-state index in [2.05, 4.69) is 5.16 Å². The predicted octanol–water partition coefficient (Wildman–Crippen LogP) is 1.45. The van der Waals surface area contributed by atoms with Crippen LogP contribution in [0.15, 0.2) is 23.4 Å². The fourth-order valence-corrected chi connectivity index (χ4v) is 1.42. The van der Waals surface area contributed by atoms with Crippen molar-refractivity contribution in [1.29, 1.82) is 0 Å². The molecule has 0 aromatic heterocycles. The average Bonchev–Trinajstić information content (AvgIpc) is 2.64. The van der Waals surface area contributed by atoms with Crippen molar-refractivity contribution in [3.8, 4) is 0 Å². The molecule has 1 heterocycles. The first-order valence-electron chi connectivity index (χ1n) is 4.49. The zero-order valence-electron chi connectivity index (χ0n) is 7.78. The van der Waals surface area contributed by atoms with E-state index >= 15 is 0 Å². The van der Waals surface area contributed by atoms with Crippen molar-refractivity contribution in [2.75, 3.05) is 6.61 Å². The molecule has 1 aliphatic heterocycles. The van der Waals surface area contributed by atoms with Crippen LogP contribution in [0.25, 0.3) is 0 Å². The fourth-order valence-electron chi connectivity index (χ4n) is 1.42. The molecule has 5 heteroatoms. The highest BCUT2D eigenvalue weighted by atomic mass is 19.1. The number of aliphatic hydroxyl groups excluding tert-OH is 1. The second-order valence-electron chi connectivity index (χ2n) is 3.31. The van der Waals surface area contributed by atoms with Crippen LogP contribution in [-0.4, -0.2) is 23.5 Å². The second kappa shape index (κ2) is 3.94. The Labute approximate surface area is 85.0 Å². The summed E-state index contributed by atoms with van der Waals surface area (Å²) < 4.78 is 25.8. The van der Waals surface area contributed by atoms with E-state index in [1.807, 2.05) is 0 Å². The number of oxime groups is 1. The molecule has 0 spiro atoms. The summed E-state index contributed by atoms with van der Waals surface area (Å²) in [5.41, 5.74) is 0.802. The van der Waals surface area contributed by atoms with Crippen molar-refractivity contribution in [1.82, 2.24) is 0 Å².